The fourth-order valence-corrected chi connectivity index (χ4v) is 3.83. The van der Waals surface area contributed by atoms with Crippen LogP contribution in [-0.2, 0) is 0 Å². The highest BCUT2D eigenvalue weighted by atomic mass is 32.1. The molecular formula is C17H23N3OS. The third kappa shape index (κ3) is 3.42. The van der Waals surface area contributed by atoms with Crippen molar-refractivity contribution in [2.45, 2.75) is 31.7 Å². The number of thiazole rings is 1. The predicted molar refractivity (Wildman–Crippen MR) is 92.5 cm³/mol. The van der Waals surface area contributed by atoms with Crippen molar-refractivity contribution >= 4 is 16.5 Å². The number of anilines is 1. The average molecular weight is 317 g/mol. The van der Waals surface area contributed by atoms with Crippen molar-refractivity contribution in [2.75, 3.05) is 19.0 Å². The van der Waals surface area contributed by atoms with E-state index in [1.54, 1.807) is 18.4 Å². The van der Waals surface area contributed by atoms with Crippen LogP contribution in [0, 0.1) is 5.92 Å². The lowest BCUT2D eigenvalue weighted by Gasteiger charge is -2.28. The Bertz CT molecular complexity index is 605. The van der Waals surface area contributed by atoms with Crippen molar-refractivity contribution in [3.63, 3.8) is 0 Å². The first kappa shape index (κ1) is 15.3. The van der Waals surface area contributed by atoms with Gasteiger partial charge in [-0.1, -0.05) is 12.1 Å². The van der Waals surface area contributed by atoms with Crippen LogP contribution < -0.4 is 15.8 Å². The molecule has 0 radical (unpaired) electrons. The lowest BCUT2D eigenvalue weighted by molar-refractivity contribution is 0.345. The van der Waals surface area contributed by atoms with Crippen molar-refractivity contribution in [2.24, 2.45) is 11.7 Å². The second-order valence-electron chi connectivity index (χ2n) is 5.84. The molecule has 3 N–H and O–H groups in total. The van der Waals surface area contributed by atoms with E-state index >= 15 is 0 Å². The molecule has 4 nitrogen and oxygen atoms in total. The molecule has 1 fully saturated rings. The SMILES string of the molecule is COc1ccccc1-c1csc(NC2CCC(CN)CC2)n1. The maximum atomic E-state index is 5.75. The molecule has 0 bridgehead atoms. The first-order valence-corrected chi connectivity index (χ1v) is 8.73. The number of rotatable bonds is 5. The number of nitrogens with one attached hydrogen (secondary N) is 1. The normalized spacial score (nSPS) is 21.5. The van der Waals surface area contributed by atoms with Crippen LogP contribution in [0.1, 0.15) is 25.7 Å². The van der Waals surface area contributed by atoms with E-state index in [1.165, 1.54) is 25.7 Å². The van der Waals surface area contributed by atoms with Gasteiger partial charge in [-0.15, -0.1) is 11.3 Å². The monoisotopic (exact) mass is 317 g/mol. The van der Waals surface area contributed by atoms with E-state index < -0.39 is 0 Å². The van der Waals surface area contributed by atoms with Gasteiger partial charge >= 0.3 is 0 Å². The molecule has 0 amide bonds. The summed E-state index contributed by atoms with van der Waals surface area (Å²) in [6.45, 7) is 0.821. The van der Waals surface area contributed by atoms with Gasteiger partial charge < -0.3 is 15.8 Å². The summed E-state index contributed by atoms with van der Waals surface area (Å²) in [7, 11) is 1.69. The Morgan fingerprint density at radius 2 is 2.05 bits per heavy atom. The highest BCUT2D eigenvalue weighted by Crippen LogP contribution is 2.33. The zero-order valence-corrected chi connectivity index (χ0v) is 13.7. The second-order valence-corrected chi connectivity index (χ2v) is 6.69. The average Bonchev–Trinajstić information content (AvgIpc) is 3.04. The fraction of sp³-hybridized carbons (Fsp3) is 0.471. The Hall–Kier alpha value is -1.59. The Morgan fingerprint density at radius 3 is 2.77 bits per heavy atom. The third-order valence-electron chi connectivity index (χ3n) is 4.39. The van der Waals surface area contributed by atoms with E-state index in [4.69, 9.17) is 15.5 Å². The van der Waals surface area contributed by atoms with Crippen LogP contribution in [0.15, 0.2) is 29.6 Å². The summed E-state index contributed by atoms with van der Waals surface area (Å²) in [5.41, 5.74) is 7.77. The van der Waals surface area contributed by atoms with E-state index in [0.29, 0.717) is 12.0 Å². The molecule has 1 aliphatic rings. The first-order valence-electron chi connectivity index (χ1n) is 7.85. The Balaban J connectivity index is 1.67. The second kappa shape index (κ2) is 7.11. The van der Waals surface area contributed by atoms with Gasteiger partial charge in [-0.2, -0.15) is 0 Å². The summed E-state index contributed by atoms with van der Waals surface area (Å²) in [6.07, 6.45) is 4.81. The summed E-state index contributed by atoms with van der Waals surface area (Å²) in [5, 5.41) is 6.67. The maximum Gasteiger partial charge on any atom is 0.183 e. The Kier molecular flexibility index (Phi) is 4.95. The highest BCUT2D eigenvalue weighted by molar-refractivity contribution is 7.14. The van der Waals surface area contributed by atoms with Crippen molar-refractivity contribution in [3.05, 3.63) is 29.6 Å². The molecular weight excluding hydrogens is 294 g/mol. The molecule has 118 valence electrons. The van der Waals surface area contributed by atoms with E-state index in [1.807, 2.05) is 24.3 Å². The number of hydrogen-bond acceptors (Lipinski definition) is 5. The molecule has 3 rings (SSSR count). The molecule has 2 aromatic rings. The van der Waals surface area contributed by atoms with Gasteiger partial charge in [0.1, 0.15) is 5.75 Å². The number of nitrogens with zero attached hydrogens (tertiary/aromatic N) is 1. The maximum absolute atomic E-state index is 5.75. The number of methoxy groups -OCH3 is 1. The Morgan fingerprint density at radius 1 is 1.27 bits per heavy atom. The van der Waals surface area contributed by atoms with Crippen LogP contribution in [0.25, 0.3) is 11.3 Å². The smallest absolute Gasteiger partial charge is 0.183 e. The quantitative estimate of drug-likeness (QED) is 0.882. The minimum Gasteiger partial charge on any atom is -0.496 e. The molecule has 1 aromatic heterocycles. The predicted octanol–water partition coefficient (Wildman–Crippen LogP) is 3.75. The fourth-order valence-electron chi connectivity index (χ4n) is 3.04. The van der Waals surface area contributed by atoms with Gasteiger partial charge in [0.15, 0.2) is 5.13 Å². The van der Waals surface area contributed by atoms with Crippen LogP contribution in [0.2, 0.25) is 0 Å². The molecule has 0 aliphatic heterocycles. The van der Waals surface area contributed by atoms with Gasteiger partial charge in [-0.05, 0) is 50.3 Å². The standard InChI is InChI=1S/C17H23N3OS/c1-21-16-5-3-2-4-14(16)15-11-22-17(20-15)19-13-8-6-12(10-18)7-9-13/h2-5,11-13H,6-10,18H2,1H3,(H,19,20). The zero-order valence-electron chi connectivity index (χ0n) is 12.9. The van der Waals surface area contributed by atoms with Gasteiger partial charge in [0, 0.05) is 17.0 Å². The van der Waals surface area contributed by atoms with Crippen molar-refractivity contribution in [3.8, 4) is 17.0 Å². The van der Waals surface area contributed by atoms with Crippen LogP contribution in [0.4, 0.5) is 5.13 Å². The lowest BCUT2D eigenvalue weighted by Crippen LogP contribution is -2.29. The van der Waals surface area contributed by atoms with Crippen LogP contribution >= 0.6 is 11.3 Å². The van der Waals surface area contributed by atoms with Crippen molar-refractivity contribution in [1.82, 2.24) is 4.98 Å². The first-order chi connectivity index (χ1) is 10.8. The number of hydrogen-bond donors (Lipinski definition) is 2. The van der Waals surface area contributed by atoms with Gasteiger partial charge in [0.2, 0.25) is 0 Å². The third-order valence-corrected chi connectivity index (χ3v) is 5.17. The van der Waals surface area contributed by atoms with Gasteiger partial charge in [-0.3, -0.25) is 0 Å². The number of para-hydroxylation sites is 1. The molecule has 22 heavy (non-hydrogen) atoms. The van der Waals surface area contributed by atoms with E-state index in [2.05, 4.69) is 10.7 Å². The van der Waals surface area contributed by atoms with Gasteiger partial charge in [0.05, 0.1) is 12.8 Å². The summed E-state index contributed by atoms with van der Waals surface area (Å²) >= 11 is 1.66. The number of nitrogens with two attached hydrogens (primary N) is 1. The van der Waals surface area contributed by atoms with E-state index in [-0.39, 0.29) is 0 Å². The van der Waals surface area contributed by atoms with E-state index in [9.17, 15) is 0 Å². The summed E-state index contributed by atoms with van der Waals surface area (Å²) in [4.78, 5) is 4.73. The molecule has 1 saturated carbocycles. The largest absolute Gasteiger partial charge is 0.496 e. The van der Waals surface area contributed by atoms with Crippen LogP contribution in [0.5, 0.6) is 5.75 Å². The minimum absolute atomic E-state index is 0.527. The summed E-state index contributed by atoms with van der Waals surface area (Å²) in [5.74, 6) is 1.57. The molecule has 0 saturated heterocycles. The van der Waals surface area contributed by atoms with Crippen molar-refractivity contribution in [1.29, 1.82) is 0 Å². The topological polar surface area (TPSA) is 60.2 Å². The molecule has 0 atom stereocenters. The molecule has 5 heteroatoms. The Labute approximate surface area is 135 Å². The van der Waals surface area contributed by atoms with Crippen LogP contribution in [-0.4, -0.2) is 24.7 Å². The minimum atomic E-state index is 0.527. The van der Waals surface area contributed by atoms with E-state index in [0.717, 1.165) is 28.7 Å². The van der Waals surface area contributed by atoms with Crippen molar-refractivity contribution < 1.29 is 4.74 Å². The summed E-state index contributed by atoms with van der Waals surface area (Å²) in [6, 6.07) is 8.53. The van der Waals surface area contributed by atoms with Gasteiger partial charge in [0.25, 0.3) is 0 Å². The van der Waals surface area contributed by atoms with Crippen LogP contribution in [0.3, 0.4) is 0 Å². The zero-order chi connectivity index (χ0) is 15.4. The molecule has 0 spiro atoms. The molecule has 1 heterocycles. The number of aromatic nitrogens is 1. The highest BCUT2D eigenvalue weighted by Gasteiger charge is 2.21. The molecule has 0 unspecified atom stereocenters. The molecule has 1 aliphatic carbocycles. The molecule has 1 aromatic carbocycles. The number of benzene rings is 1. The number of ether oxygens (including phenoxy) is 1. The van der Waals surface area contributed by atoms with Gasteiger partial charge in [-0.25, -0.2) is 4.98 Å². The lowest BCUT2D eigenvalue weighted by atomic mass is 9.86. The summed E-state index contributed by atoms with van der Waals surface area (Å²) < 4.78 is 5.42.